The Balaban J connectivity index is 0.000000343. The van der Waals surface area contributed by atoms with Crippen LogP contribution in [0, 0.1) is 0 Å². The Kier molecular flexibility index (Phi) is 9.51. The summed E-state index contributed by atoms with van der Waals surface area (Å²) in [5.74, 6) is -5.51. The highest BCUT2D eigenvalue weighted by Crippen LogP contribution is 2.26. The summed E-state index contributed by atoms with van der Waals surface area (Å²) >= 11 is 0. The van der Waals surface area contributed by atoms with Crippen LogP contribution in [0.5, 0.6) is 0 Å². The first-order chi connectivity index (χ1) is 15.4. The standard InChI is InChI=1S/C14H15N3O2S.2C2HF3O2/c1-20(18,19)11-4-2-10(3-5-11)14-12-8-15-7-6-13(12)16-9-17-14;2*3-2(4,5)1(6)7/h2-5,9,15H,6-8H2,1H3;2*(H,6,7). The number of nitrogens with zero attached hydrogens (tertiary/aromatic N) is 2. The summed E-state index contributed by atoms with van der Waals surface area (Å²) in [6.45, 7) is 1.68. The average Bonchev–Trinajstić information content (AvgIpc) is 2.72. The normalized spacial score (nSPS) is 13.4. The maximum Gasteiger partial charge on any atom is 0.490 e. The van der Waals surface area contributed by atoms with Gasteiger partial charge in [-0.25, -0.2) is 28.0 Å². The number of rotatable bonds is 2. The number of sulfone groups is 1. The van der Waals surface area contributed by atoms with Crippen LogP contribution >= 0.6 is 0 Å². The van der Waals surface area contributed by atoms with Crippen LogP contribution in [-0.4, -0.2) is 65.7 Å². The van der Waals surface area contributed by atoms with Gasteiger partial charge in [-0.1, -0.05) is 12.1 Å². The second kappa shape index (κ2) is 11.2. The van der Waals surface area contributed by atoms with Crippen LogP contribution in [0.1, 0.15) is 11.3 Å². The molecule has 34 heavy (non-hydrogen) atoms. The predicted octanol–water partition coefficient (Wildman–Crippen LogP) is 2.46. The highest BCUT2D eigenvalue weighted by Gasteiger charge is 2.38. The molecule has 0 bridgehead atoms. The van der Waals surface area contributed by atoms with Gasteiger partial charge in [-0.15, -0.1) is 0 Å². The molecule has 3 N–H and O–H groups in total. The van der Waals surface area contributed by atoms with Crippen LogP contribution < -0.4 is 5.32 Å². The molecule has 9 nitrogen and oxygen atoms in total. The van der Waals surface area contributed by atoms with E-state index in [0.29, 0.717) is 4.90 Å². The zero-order valence-electron chi connectivity index (χ0n) is 17.1. The molecule has 0 amide bonds. The second-order valence-corrected chi connectivity index (χ2v) is 8.49. The first-order valence-corrected chi connectivity index (χ1v) is 10.8. The van der Waals surface area contributed by atoms with E-state index in [9.17, 15) is 34.8 Å². The molecule has 0 unspecified atom stereocenters. The first-order valence-electron chi connectivity index (χ1n) is 8.88. The molecule has 0 radical (unpaired) electrons. The molecule has 16 heteroatoms. The Morgan fingerprint density at radius 1 is 0.941 bits per heavy atom. The lowest BCUT2D eigenvalue weighted by atomic mass is 10.0. The van der Waals surface area contributed by atoms with E-state index in [2.05, 4.69) is 15.3 Å². The molecular formula is C18H17F6N3O6S. The van der Waals surface area contributed by atoms with E-state index in [-0.39, 0.29) is 0 Å². The van der Waals surface area contributed by atoms with Gasteiger partial charge in [0.05, 0.1) is 16.3 Å². The van der Waals surface area contributed by atoms with Crippen molar-refractivity contribution in [2.75, 3.05) is 12.8 Å². The number of benzene rings is 1. The third-order valence-corrected chi connectivity index (χ3v) is 5.04. The Labute approximate surface area is 188 Å². The summed E-state index contributed by atoms with van der Waals surface area (Å²) in [7, 11) is -3.16. The van der Waals surface area contributed by atoms with Crippen molar-refractivity contribution in [3.63, 3.8) is 0 Å². The maximum absolute atomic E-state index is 11.5. The molecule has 0 saturated carbocycles. The fraction of sp³-hybridized carbons (Fsp3) is 0.333. The van der Waals surface area contributed by atoms with E-state index >= 15 is 0 Å². The Bertz CT molecular complexity index is 1090. The van der Waals surface area contributed by atoms with Gasteiger partial charge in [0.15, 0.2) is 9.84 Å². The quantitative estimate of drug-likeness (QED) is 0.511. The van der Waals surface area contributed by atoms with E-state index in [4.69, 9.17) is 19.8 Å². The summed E-state index contributed by atoms with van der Waals surface area (Å²) in [5.41, 5.74) is 3.97. The third-order valence-electron chi connectivity index (χ3n) is 3.92. The summed E-state index contributed by atoms with van der Waals surface area (Å²) in [6, 6.07) is 6.84. The van der Waals surface area contributed by atoms with E-state index in [1.165, 1.54) is 6.26 Å². The number of carboxylic acid groups (broad SMARTS) is 2. The number of fused-ring (bicyclic) bond motifs is 1. The zero-order chi connectivity index (χ0) is 26.3. The summed E-state index contributed by atoms with van der Waals surface area (Å²) in [5, 5.41) is 17.6. The molecule has 0 atom stereocenters. The van der Waals surface area contributed by atoms with Crippen molar-refractivity contribution < 1.29 is 54.6 Å². The molecule has 1 aromatic carbocycles. The van der Waals surface area contributed by atoms with Crippen LogP contribution in [0.25, 0.3) is 11.3 Å². The fourth-order valence-electron chi connectivity index (χ4n) is 2.38. The number of hydrogen-bond acceptors (Lipinski definition) is 7. The van der Waals surface area contributed by atoms with Gasteiger partial charge in [0.1, 0.15) is 6.33 Å². The molecule has 188 valence electrons. The maximum atomic E-state index is 11.5. The van der Waals surface area contributed by atoms with Crippen molar-refractivity contribution in [1.82, 2.24) is 15.3 Å². The van der Waals surface area contributed by atoms with Crippen LogP contribution in [0.2, 0.25) is 0 Å². The summed E-state index contributed by atoms with van der Waals surface area (Å²) in [6.07, 6.45) is -6.49. The van der Waals surface area contributed by atoms with E-state index in [1.807, 2.05) is 0 Å². The van der Waals surface area contributed by atoms with Crippen LogP contribution in [0.4, 0.5) is 26.3 Å². The number of halogens is 6. The van der Waals surface area contributed by atoms with Gasteiger partial charge >= 0.3 is 24.3 Å². The number of hydrogen-bond donors (Lipinski definition) is 3. The van der Waals surface area contributed by atoms with Gasteiger partial charge < -0.3 is 15.5 Å². The molecule has 1 aromatic heterocycles. The van der Waals surface area contributed by atoms with Gasteiger partial charge in [0.25, 0.3) is 0 Å². The monoisotopic (exact) mass is 517 g/mol. The third kappa shape index (κ3) is 8.93. The molecule has 0 spiro atoms. The minimum atomic E-state index is -5.08. The molecular weight excluding hydrogens is 500 g/mol. The van der Waals surface area contributed by atoms with Gasteiger partial charge in [-0.2, -0.15) is 26.3 Å². The van der Waals surface area contributed by atoms with Crippen LogP contribution in [0.15, 0.2) is 35.5 Å². The molecule has 1 aliphatic heterocycles. The average molecular weight is 517 g/mol. The molecule has 0 fully saturated rings. The highest BCUT2D eigenvalue weighted by molar-refractivity contribution is 7.90. The van der Waals surface area contributed by atoms with Crippen LogP contribution in [0.3, 0.4) is 0 Å². The van der Waals surface area contributed by atoms with Crippen molar-refractivity contribution >= 4 is 21.8 Å². The number of aliphatic carboxylic acids is 2. The van der Waals surface area contributed by atoms with Gasteiger partial charge in [-0.05, 0) is 12.1 Å². The Morgan fingerprint density at radius 2 is 1.41 bits per heavy atom. The highest BCUT2D eigenvalue weighted by atomic mass is 32.2. The number of carbonyl (C=O) groups is 2. The zero-order valence-corrected chi connectivity index (χ0v) is 17.9. The van der Waals surface area contributed by atoms with E-state index < -0.39 is 34.1 Å². The Morgan fingerprint density at radius 3 is 1.82 bits per heavy atom. The molecule has 2 heterocycles. The number of nitrogens with one attached hydrogen (secondary N) is 1. The predicted molar refractivity (Wildman–Crippen MR) is 103 cm³/mol. The van der Waals surface area contributed by atoms with Crippen LogP contribution in [-0.2, 0) is 32.4 Å². The first kappa shape index (κ1) is 28.8. The fourth-order valence-corrected chi connectivity index (χ4v) is 3.01. The molecule has 0 aliphatic carbocycles. The minimum Gasteiger partial charge on any atom is -0.475 e. The smallest absolute Gasteiger partial charge is 0.475 e. The van der Waals surface area contributed by atoms with Gasteiger partial charge in [0.2, 0.25) is 0 Å². The molecule has 1 aliphatic rings. The van der Waals surface area contributed by atoms with Crippen molar-refractivity contribution in [2.45, 2.75) is 30.2 Å². The largest absolute Gasteiger partial charge is 0.490 e. The lowest BCUT2D eigenvalue weighted by Crippen LogP contribution is -2.25. The van der Waals surface area contributed by atoms with E-state index in [0.717, 1.165) is 42.0 Å². The van der Waals surface area contributed by atoms with Crippen molar-refractivity contribution in [1.29, 1.82) is 0 Å². The molecule has 0 saturated heterocycles. The van der Waals surface area contributed by atoms with Crippen molar-refractivity contribution in [3.8, 4) is 11.3 Å². The molecule has 3 rings (SSSR count). The number of carboxylic acids is 2. The number of aromatic nitrogens is 2. The lowest BCUT2D eigenvalue weighted by molar-refractivity contribution is -0.193. The topological polar surface area (TPSA) is 147 Å². The van der Waals surface area contributed by atoms with Gasteiger partial charge in [0, 0.05) is 36.9 Å². The van der Waals surface area contributed by atoms with Crippen molar-refractivity contribution in [3.05, 3.63) is 41.9 Å². The molecule has 2 aromatic rings. The van der Waals surface area contributed by atoms with Crippen molar-refractivity contribution in [2.24, 2.45) is 0 Å². The SMILES string of the molecule is CS(=O)(=O)c1ccc(-c2ncnc3c2CNCC3)cc1.O=C(O)C(F)(F)F.O=C(O)C(F)(F)F. The summed E-state index contributed by atoms with van der Waals surface area (Å²) in [4.78, 5) is 26.8. The second-order valence-electron chi connectivity index (χ2n) is 6.48. The summed E-state index contributed by atoms with van der Waals surface area (Å²) < 4.78 is 86.4. The van der Waals surface area contributed by atoms with E-state index in [1.54, 1.807) is 30.6 Å². The lowest BCUT2D eigenvalue weighted by Gasteiger charge is -2.18. The van der Waals surface area contributed by atoms with Gasteiger partial charge in [-0.3, -0.25) is 0 Å². The Hall–Kier alpha value is -3.27. The number of alkyl halides is 6. The minimum absolute atomic E-state index is 0.322.